The molecule has 1 N–H and O–H groups in total. The van der Waals surface area contributed by atoms with E-state index in [0.29, 0.717) is 5.69 Å². The van der Waals surface area contributed by atoms with E-state index in [1.807, 2.05) is 12.1 Å². The minimum atomic E-state index is -0.0733. The molecule has 116 valence electrons. The average Bonchev–Trinajstić information content (AvgIpc) is 2.46. The molecule has 2 heterocycles. The number of nitrogens with zero attached hydrogens (tertiary/aromatic N) is 2. The van der Waals surface area contributed by atoms with Crippen LogP contribution in [0.5, 0.6) is 0 Å². The molecule has 1 fully saturated rings. The number of amides is 1. The smallest absolute Gasteiger partial charge is 0.269 e. The summed E-state index contributed by atoms with van der Waals surface area (Å²) in [6, 6.07) is 5.39. The summed E-state index contributed by atoms with van der Waals surface area (Å²) in [5.74, 6) is 1.56. The first-order valence-corrected chi connectivity index (χ1v) is 8.06. The number of unbranched alkanes of at least 4 members (excludes halogenated alkanes) is 1. The number of carbonyl (C=O) groups excluding carboxylic acids is 1. The Hall–Kier alpha value is -1.42. The fourth-order valence-corrected chi connectivity index (χ4v) is 3.22. The van der Waals surface area contributed by atoms with Crippen LogP contribution in [0.25, 0.3) is 0 Å². The molecule has 0 aromatic carbocycles. The van der Waals surface area contributed by atoms with E-state index in [0.717, 1.165) is 37.8 Å². The van der Waals surface area contributed by atoms with Crippen molar-refractivity contribution in [3.63, 3.8) is 0 Å². The molecule has 1 aliphatic heterocycles. The normalized spacial score (nSPS) is 23.0. The molecule has 21 heavy (non-hydrogen) atoms. The second-order valence-electron chi connectivity index (χ2n) is 6.38. The van der Waals surface area contributed by atoms with E-state index in [1.54, 1.807) is 12.3 Å². The van der Waals surface area contributed by atoms with E-state index >= 15 is 0 Å². The van der Waals surface area contributed by atoms with Gasteiger partial charge in [0.1, 0.15) is 5.69 Å². The van der Waals surface area contributed by atoms with Crippen molar-refractivity contribution in [1.29, 1.82) is 0 Å². The van der Waals surface area contributed by atoms with Crippen LogP contribution < -0.4 is 5.32 Å². The Balaban J connectivity index is 1.59. The van der Waals surface area contributed by atoms with Gasteiger partial charge in [-0.3, -0.25) is 9.78 Å². The van der Waals surface area contributed by atoms with Gasteiger partial charge in [-0.15, -0.1) is 0 Å². The van der Waals surface area contributed by atoms with E-state index in [4.69, 9.17) is 0 Å². The van der Waals surface area contributed by atoms with Gasteiger partial charge in [0.15, 0.2) is 0 Å². The summed E-state index contributed by atoms with van der Waals surface area (Å²) in [4.78, 5) is 18.4. The van der Waals surface area contributed by atoms with Crippen LogP contribution in [-0.4, -0.2) is 42.0 Å². The maximum absolute atomic E-state index is 11.8. The zero-order valence-electron chi connectivity index (χ0n) is 13.2. The molecule has 4 heteroatoms. The fraction of sp³-hybridized carbons (Fsp3) is 0.647. The third-order valence-electron chi connectivity index (χ3n) is 4.03. The molecule has 1 saturated heterocycles. The lowest BCUT2D eigenvalue weighted by Crippen LogP contribution is -2.39. The number of pyridine rings is 1. The number of carbonyl (C=O) groups is 1. The van der Waals surface area contributed by atoms with Crippen molar-refractivity contribution in [2.75, 3.05) is 26.2 Å². The summed E-state index contributed by atoms with van der Waals surface area (Å²) >= 11 is 0. The molecule has 0 aliphatic carbocycles. The predicted octanol–water partition coefficient (Wildman–Crippen LogP) is 2.57. The van der Waals surface area contributed by atoms with Gasteiger partial charge in [-0.2, -0.15) is 0 Å². The van der Waals surface area contributed by atoms with Gasteiger partial charge in [-0.1, -0.05) is 19.9 Å². The Kier molecular flexibility index (Phi) is 6.18. The Morgan fingerprint density at radius 2 is 2.05 bits per heavy atom. The molecular weight excluding hydrogens is 262 g/mol. The highest BCUT2D eigenvalue weighted by Crippen LogP contribution is 2.20. The van der Waals surface area contributed by atoms with Crippen LogP contribution in [0.4, 0.5) is 0 Å². The molecule has 0 bridgehead atoms. The summed E-state index contributed by atoms with van der Waals surface area (Å²) in [6.45, 7) is 9.02. The molecule has 2 atom stereocenters. The van der Waals surface area contributed by atoms with Gasteiger partial charge in [-0.25, -0.2) is 0 Å². The Morgan fingerprint density at radius 3 is 2.71 bits per heavy atom. The van der Waals surface area contributed by atoms with Crippen LogP contribution >= 0.6 is 0 Å². The lowest BCUT2D eigenvalue weighted by Gasteiger charge is -2.34. The van der Waals surface area contributed by atoms with Crippen molar-refractivity contribution in [3.8, 4) is 0 Å². The lowest BCUT2D eigenvalue weighted by molar-refractivity contribution is 0.0946. The second-order valence-corrected chi connectivity index (χ2v) is 6.38. The molecule has 1 aromatic heterocycles. The first-order chi connectivity index (χ1) is 10.1. The van der Waals surface area contributed by atoms with Crippen LogP contribution in [0.1, 0.15) is 43.6 Å². The Bertz CT molecular complexity index is 425. The quantitative estimate of drug-likeness (QED) is 0.819. The van der Waals surface area contributed by atoms with E-state index in [9.17, 15) is 4.79 Å². The molecule has 2 unspecified atom stereocenters. The van der Waals surface area contributed by atoms with E-state index in [-0.39, 0.29) is 5.91 Å². The number of likely N-dealkylation sites (tertiary alicyclic amines) is 1. The fourth-order valence-electron chi connectivity index (χ4n) is 3.22. The number of hydrogen-bond acceptors (Lipinski definition) is 3. The molecule has 1 aliphatic rings. The molecule has 0 radical (unpaired) electrons. The zero-order chi connectivity index (χ0) is 15.1. The summed E-state index contributed by atoms with van der Waals surface area (Å²) in [6.07, 6.45) is 5.17. The molecule has 2 rings (SSSR count). The van der Waals surface area contributed by atoms with Crippen LogP contribution in [0.2, 0.25) is 0 Å². The van der Waals surface area contributed by atoms with Gasteiger partial charge in [-0.05, 0) is 49.8 Å². The minimum absolute atomic E-state index is 0.0733. The third kappa shape index (κ3) is 5.46. The Morgan fingerprint density at radius 1 is 1.29 bits per heavy atom. The molecule has 0 spiro atoms. The first kappa shape index (κ1) is 16.0. The SMILES string of the molecule is CC1CC(C)CN(CCCCNC(=O)c2ccccn2)C1. The van der Waals surface area contributed by atoms with E-state index < -0.39 is 0 Å². The first-order valence-electron chi connectivity index (χ1n) is 8.06. The summed E-state index contributed by atoms with van der Waals surface area (Å²) in [5, 5.41) is 2.93. The monoisotopic (exact) mass is 289 g/mol. The van der Waals surface area contributed by atoms with Crippen LogP contribution in [0.15, 0.2) is 24.4 Å². The van der Waals surface area contributed by atoms with Crippen molar-refractivity contribution < 1.29 is 4.79 Å². The van der Waals surface area contributed by atoms with Crippen molar-refractivity contribution in [2.45, 2.75) is 33.1 Å². The zero-order valence-corrected chi connectivity index (χ0v) is 13.2. The van der Waals surface area contributed by atoms with Gasteiger partial charge in [0.2, 0.25) is 0 Å². The van der Waals surface area contributed by atoms with Crippen LogP contribution in [0.3, 0.4) is 0 Å². The highest BCUT2D eigenvalue weighted by Gasteiger charge is 2.20. The number of nitrogens with one attached hydrogen (secondary N) is 1. The third-order valence-corrected chi connectivity index (χ3v) is 4.03. The second kappa shape index (κ2) is 8.13. The van der Waals surface area contributed by atoms with Gasteiger partial charge < -0.3 is 10.2 Å². The molecule has 4 nitrogen and oxygen atoms in total. The maximum atomic E-state index is 11.8. The Labute approximate surface area is 127 Å². The van der Waals surface area contributed by atoms with E-state index in [2.05, 4.69) is 29.0 Å². The highest BCUT2D eigenvalue weighted by molar-refractivity contribution is 5.92. The summed E-state index contributed by atoms with van der Waals surface area (Å²) < 4.78 is 0. The molecule has 1 amide bonds. The van der Waals surface area contributed by atoms with Crippen molar-refractivity contribution in [3.05, 3.63) is 30.1 Å². The molecular formula is C17H27N3O. The van der Waals surface area contributed by atoms with Gasteiger partial charge in [0, 0.05) is 25.8 Å². The van der Waals surface area contributed by atoms with Crippen molar-refractivity contribution >= 4 is 5.91 Å². The van der Waals surface area contributed by atoms with Gasteiger partial charge >= 0.3 is 0 Å². The van der Waals surface area contributed by atoms with E-state index in [1.165, 1.54) is 19.5 Å². The number of aromatic nitrogens is 1. The summed E-state index contributed by atoms with van der Waals surface area (Å²) in [7, 11) is 0. The largest absolute Gasteiger partial charge is 0.351 e. The topological polar surface area (TPSA) is 45.2 Å². The number of hydrogen-bond donors (Lipinski definition) is 1. The van der Waals surface area contributed by atoms with Crippen molar-refractivity contribution in [1.82, 2.24) is 15.2 Å². The van der Waals surface area contributed by atoms with Gasteiger partial charge in [0.05, 0.1) is 0 Å². The van der Waals surface area contributed by atoms with Crippen LogP contribution in [0, 0.1) is 11.8 Å². The standard InChI is InChI=1S/C17H27N3O/c1-14-11-15(2)13-20(12-14)10-6-5-9-19-17(21)16-7-3-4-8-18-16/h3-4,7-8,14-15H,5-6,9-13H2,1-2H3,(H,19,21). The molecule has 0 saturated carbocycles. The number of piperidine rings is 1. The predicted molar refractivity (Wildman–Crippen MR) is 85.2 cm³/mol. The maximum Gasteiger partial charge on any atom is 0.269 e. The lowest BCUT2D eigenvalue weighted by atomic mass is 9.92. The highest BCUT2D eigenvalue weighted by atomic mass is 16.1. The van der Waals surface area contributed by atoms with Crippen molar-refractivity contribution in [2.24, 2.45) is 11.8 Å². The van der Waals surface area contributed by atoms with Crippen LogP contribution in [-0.2, 0) is 0 Å². The summed E-state index contributed by atoms with van der Waals surface area (Å²) in [5.41, 5.74) is 0.496. The number of rotatable bonds is 6. The minimum Gasteiger partial charge on any atom is -0.351 e. The van der Waals surface area contributed by atoms with Gasteiger partial charge in [0.25, 0.3) is 5.91 Å². The molecule has 1 aromatic rings. The average molecular weight is 289 g/mol.